The van der Waals surface area contributed by atoms with Gasteiger partial charge in [0.1, 0.15) is 0 Å². The average Bonchev–Trinajstić information content (AvgIpc) is 2.65. The van der Waals surface area contributed by atoms with Gasteiger partial charge < -0.3 is 10.1 Å². The number of nitrogens with one attached hydrogen (secondary N) is 1. The first-order chi connectivity index (χ1) is 12.5. The third-order valence-corrected chi connectivity index (χ3v) is 4.38. The Labute approximate surface area is 159 Å². The maximum Gasteiger partial charge on any atom is 0.340 e. The van der Waals surface area contributed by atoms with Crippen LogP contribution in [0.4, 0.5) is 0 Å². The number of hydrogen-bond donors (Lipinski definition) is 1. The standard InChI is InChI=1S/C20H17BrN2O3/c1-13(17-8-4-6-14-5-2-3-7-18(14)17)23-19(24)12-26-20(25)15-9-16(21)11-22-10-15/h2-11,13H,12H2,1H3,(H,23,24). The number of rotatable bonds is 5. The van der Waals surface area contributed by atoms with Crippen molar-refractivity contribution in [3.05, 3.63) is 76.5 Å². The number of esters is 1. The lowest BCUT2D eigenvalue weighted by molar-refractivity contribution is -0.124. The summed E-state index contributed by atoms with van der Waals surface area (Å²) < 4.78 is 5.72. The van der Waals surface area contributed by atoms with Gasteiger partial charge in [0.05, 0.1) is 11.6 Å². The molecule has 0 aliphatic carbocycles. The molecule has 1 N–H and O–H groups in total. The minimum Gasteiger partial charge on any atom is -0.452 e. The number of halogens is 1. The van der Waals surface area contributed by atoms with Gasteiger partial charge in [0.15, 0.2) is 6.61 Å². The molecule has 1 aromatic heterocycles. The van der Waals surface area contributed by atoms with Gasteiger partial charge in [-0.15, -0.1) is 0 Å². The van der Waals surface area contributed by atoms with Crippen LogP contribution in [0.2, 0.25) is 0 Å². The molecule has 6 heteroatoms. The highest BCUT2D eigenvalue weighted by atomic mass is 79.9. The zero-order valence-corrected chi connectivity index (χ0v) is 15.7. The van der Waals surface area contributed by atoms with E-state index in [9.17, 15) is 9.59 Å². The van der Waals surface area contributed by atoms with Crippen molar-refractivity contribution in [2.45, 2.75) is 13.0 Å². The highest BCUT2D eigenvalue weighted by Crippen LogP contribution is 2.23. The molecule has 1 amide bonds. The molecule has 0 radical (unpaired) electrons. The molecule has 26 heavy (non-hydrogen) atoms. The smallest absolute Gasteiger partial charge is 0.340 e. The second-order valence-corrected chi connectivity index (χ2v) is 6.74. The van der Waals surface area contributed by atoms with E-state index in [4.69, 9.17) is 4.74 Å². The summed E-state index contributed by atoms with van der Waals surface area (Å²) in [6.07, 6.45) is 2.96. The Morgan fingerprint density at radius 3 is 2.73 bits per heavy atom. The third kappa shape index (κ3) is 4.26. The number of nitrogens with zero attached hydrogens (tertiary/aromatic N) is 1. The lowest BCUT2D eigenvalue weighted by Crippen LogP contribution is -2.31. The molecule has 132 valence electrons. The predicted molar refractivity (Wildman–Crippen MR) is 103 cm³/mol. The fraction of sp³-hybridized carbons (Fsp3) is 0.150. The molecule has 1 atom stereocenters. The number of pyridine rings is 1. The van der Waals surface area contributed by atoms with Gasteiger partial charge in [-0.3, -0.25) is 9.78 Å². The van der Waals surface area contributed by atoms with Gasteiger partial charge in [-0.05, 0) is 45.3 Å². The van der Waals surface area contributed by atoms with Crippen LogP contribution in [0.5, 0.6) is 0 Å². The van der Waals surface area contributed by atoms with Crippen molar-refractivity contribution in [3.63, 3.8) is 0 Å². The molecule has 3 rings (SSSR count). The minimum absolute atomic E-state index is 0.208. The Morgan fingerprint density at radius 2 is 1.92 bits per heavy atom. The molecule has 1 heterocycles. The van der Waals surface area contributed by atoms with Crippen LogP contribution in [0.1, 0.15) is 28.9 Å². The fourth-order valence-corrected chi connectivity index (χ4v) is 3.09. The first-order valence-electron chi connectivity index (χ1n) is 8.09. The van der Waals surface area contributed by atoms with E-state index in [-0.39, 0.29) is 24.1 Å². The summed E-state index contributed by atoms with van der Waals surface area (Å²) in [5, 5.41) is 5.06. The van der Waals surface area contributed by atoms with Gasteiger partial charge in [-0.2, -0.15) is 0 Å². The van der Waals surface area contributed by atoms with E-state index in [1.54, 1.807) is 12.3 Å². The van der Waals surface area contributed by atoms with Crippen LogP contribution >= 0.6 is 15.9 Å². The number of ether oxygens (including phenoxy) is 1. The minimum atomic E-state index is -0.591. The molecule has 0 bridgehead atoms. The van der Waals surface area contributed by atoms with E-state index in [1.165, 1.54) is 6.20 Å². The Morgan fingerprint density at radius 1 is 1.15 bits per heavy atom. The maximum atomic E-state index is 12.2. The number of aromatic nitrogens is 1. The van der Waals surface area contributed by atoms with Crippen LogP contribution in [0, 0.1) is 0 Å². The lowest BCUT2D eigenvalue weighted by Gasteiger charge is -2.16. The predicted octanol–water partition coefficient (Wildman–Crippen LogP) is 4.03. The van der Waals surface area contributed by atoms with E-state index in [0.29, 0.717) is 4.47 Å². The molecule has 0 spiro atoms. The van der Waals surface area contributed by atoms with E-state index < -0.39 is 5.97 Å². The Hall–Kier alpha value is -2.73. The van der Waals surface area contributed by atoms with E-state index in [1.807, 2.05) is 49.4 Å². The summed E-state index contributed by atoms with van der Waals surface area (Å²) in [4.78, 5) is 28.0. The second kappa shape index (κ2) is 8.10. The largest absolute Gasteiger partial charge is 0.452 e. The third-order valence-electron chi connectivity index (χ3n) is 3.94. The van der Waals surface area contributed by atoms with E-state index in [2.05, 4.69) is 26.2 Å². The number of carbonyl (C=O) groups is 2. The molecule has 0 saturated carbocycles. The summed E-state index contributed by atoms with van der Waals surface area (Å²) >= 11 is 3.24. The van der Waals surface area contributed by atoms with Crippen molar-refractivity contribution in [1.29, 1.82) is 0 Å². The molecule has 0 saturated heterocycles. The topological polar surface area (TPSA) is 68.3 Å². The zero-order valence-electron chi connectivity index (χ0n) is 14.1. The zero-order chi connectivity index (χ0) is 18.5. The summed E-state index contributed by atoms with van der Waals surface area (Å²) in [6.45, 7) is 1.56. The quantitative estimate of drug-likeness (QED) is 0.642. The second-order valence-electron chi connectivity index (χ2n) is 5.83. The average molecular weight is 413 g/mol. The number of hydrogen-bond acceptors (Lipinski definition) is 4. The van der Waals surface area contributed by atoms with Crippen molar-refractivity contribution >= 4 is 38.6 Å². The molecule has 2 aromatic carbocycles. The molecule has 5 nitrogen and oxygen atoms in total. The number of amides is 1. The van der Waals surface area contributed by atoms with Crippen LogP contribution in [0.25, 0.3) is 10.8 Å². The van der Waals surface area contributed by atoms with Gasteiger partial charge >= 0.3 is 5.97 Å². The number of carbonyl (C=O) groups excluding carboxylic acids is 2. The molecule has 3 aromatic rings. The van der Waals surface area contributed by atoms with Crippen molar-refractivity contribution in [2.24, 2.45) is 0 Å². The van der Waals surface area contributed by atoms with Gasteiger partial charge in [0, 0.05) is 16.9 Å². The highest BCUT2D eigenvalue weighted by Gasteiger charge is 2.15. The van der Waals surface area contributed by atoms with Gasteiger partial charge in [-0.1, -0.05) is 42.5 Å². The lowest BCUT2D eigenvalue weighted by atomic mass is 10.00. The molecular formula is C20H17BrN2O3. The van der Waals surface area contributed by atoms with E-state index in [0.717, 1.165) is 16.3 Å². The van der Waals surface area contributed by atoms with Crippen LogP contribution < -0.4 is 5.32 Å². The summed E-state index contributed by atoms with van der Waals surface area (Å²) in [5.74, 6) is -0.950. The molecular weight excluding hydrogens is 396 g/mol. The van der Waals surface area contributed by atoms with Gasteiger partial charge in [0.2, 0.25) is 0 Å². The van der Waals surface area contributed by atoms with Gasteiger partial charge in [0.25, 0.3) is 5.91 Å². The molecule has 0 fully saturated rings. The van der Waals surface area contributed by atoms with Crippen LogP contribution in [-0.2, 0) is 9.53 Å². The number of benzene rings is 2. The summed E-state index contributed by atoms with van der Waals surface area (Å²) in [7, 11) is 0. The molecule has 0 aliphatic heterocycles. The van der Waals surface area contributed by atoms with Crippen molar-refractivity contribution in [3.8, 4) is 0 Å². The molecule has 1 unspecified atom stereocenters. The fourth-order valence-electron chi connectivity index (χ4n) is 2.73. The highest BCUT2D eigenvalue weighted by molar-refractivity contribution is 9.10. The van der Waals surface area contributed by atoms with E-state index >= 15 is 0 Å². The first-order valence-corrected chi connectivity index (χ1v) is 8.88. The summed E-state index contributed by atoms with van der Waals surface area (Å²) in [6, 6.07) is 15.3. The number of fused-ring (bicyclic) bond motifs is 1. The molecule has 0 aliphatic rings. The first kappa shape index (κ1) is 18.1. The SMILES string of the molecule is CC(NC(=O)COC(=O)c1cncc(Br)c1)c1cccc2ccccc12. The summed E-state index contributed by atoms with van der Waals surface area (Å²) in [5.41, 5.74) is 1.30. The Bertz CT molecular complexity index is 953. The monoisotopic (exact) mass is 412 g/mol. The van der Waals surface area contributed by atoms with Crippen LogP contribution in [0.3, 0.4) is 0 Å². The van der Waals surface area contributed by atoms with Crippen LogP contribution in [-0.4, -0.2) is 23.5 Å². The van der Waals surface area contributed by atoms with Crippen molar-refractivity contribution in [2.75, 3.05) is 6.61 Å². The normalized spacial score (nSPS) is 11.8. The van der Waals surface area contributed by atoms with Gasteiger partial charge in [-0.25, -0.2) is 4.79 Å². The Kier molecular flexibility index (Phi) is 5.63. The van der Waals surface area contributed by atoms with Crippen molar-refractivity contribution < 1.29 is 14.3 Å². The van der Waals surface area contributed by atoms with Crippen molar-refractivity contribution in [1.82, 2.24) is 10.3 Å². The van der Waals surface area contributed by atoms with Crippen LogP contribution in [0.15, 0.2) is 65.4 Å². The maximum absolute atomic E-state index is 12.2. The Balaban J connectivity index is 1.61.